The first kappa shape index (κ1) is 96.3. The Morgan fingerprint density at radius 2 is 0.679 bits per heavy atom. The van der Waals surface area contributed by atoms with E-state index in [-0.39, 0.29) is 191 Å². The Kier molecular flexibility index (Phi) is 47.7. The van der Waals surface area contributed by atoms with Crippen LogP contribution in [-0.2, 0) is 62.3 Å². The number of nitrogens with one attached hydrogen (secondary N) is 10. The van der Waals surface area contributed by atoms with E-state index in [0.29, 0.717) is 32.1 Å². The number of likely N-dealkylation sites (tertiary alicyclic amines) is 1. The third-order valence-electron chi connectivity index (χ3n) is 16.9. The van der Waals surface area contributed by atoms with Crippen molar-refractivity contribution in [1.82, 2.24) is 58.1 Å². The number of primary amides is 1. The van der Waals surface area contributed by atoms with Gasteiger partial charge in [-0.05, 0) is 148 Å². The number of rotatable bonds is 57. The Balaban J connectivity index is 3.96. The van der Waals surface area contributed by atoms with Gasteiger partial charge in [-0.15, -0.1) is 0 Å². The lowest BCUT2D eigenvalue weighted by Crippen LogP contribution is -2.60. The fourth-order valence-corrected chi connectivity index (χ4v) is 11.1. The number of nitrogens with zero attached hydrogens (tertiary/aromatic N) is 6. The standard InChI is InChI=1S/C64H122N30O15/c1-3-4-15-37(86-53(103)43(22-13-32-83-64(77)78)92-57(107)44(24-25-46(67)96)93-58(108)45-23-14-33-94(45)59(109)48(68)35(2)95)50(100)89-41(20-11-30-81-62(73)74)55(105)91-42(21-12-31-82-63(75)76)56(106)90-40(19-10-29-80-61(71)72)54(104)88-39(17-6-8-27-66)52(102)87-38(16-5-7-26-65)51(101)85-36(18-9-28-79-60(69)70)49(99)84-34-47(97)98/h35-45,48,95H,3-34,65-66,68H2,1-2H3,(H2,67,96)(H,84,99)(H,85,101)(H,86,103)(H,87,102)(H,88,104)(H,89,100)(H,90,106)(H,91,105)(H,92,107)(H,93,108)(H,97,98)(H4,69,70,79)(H4,71,72,80)(H4,73,74,81)(H4,75,76,82)(H4,77,78,83)/t35-,36+,37+,38+,39+,40+,41+,42+,43+,44+,45+,48+/m1/s1. The average Bonchev–Trinajstić information content (AvgIpc) is 1.75. The topological polar surface area (TPSA) is 812 Å². The minimum absolute atomic E-state index is 0.0153. The largest absolute Gasteiger partial charge is 0.480 e. The zero-order valence-electron chi connectivity index (χ0n) is 62.5. The Morgan fingerprint density at radius 1 is 0.404 bits per heavy atom. The van der Waals surface area contributed by atoms with Gasteiger partial charge in [-0.2, -0.15) is 0 Å². The molecule has 109 heavy (non-hydrogen) atoms. The molecule has 0 radical (unpaired) electrons. The van der Waals surface area contributed by atoms with E-state index in [0.717, 1.165) is 0 Å². The number of aliphatic imine (C=N–C) groups is 5. The first-order valence-electron chi connectivity index (χ1n) is 36.5. The van der Waals surface area contributed by atoms with Crippen LogP contribution in [0.3, 0.4) is 0 Å². The van der Waals surface area contributed by atoms with E-state index < -0.39 is 162 Å². The van der Waals surface area contributed by atoms with Gasteiger partial charge in [0.05, 0.1) is 6.10 Å². The lowest BCUT2D eigenvalue weighted by atomic mass is 10.0. The van der Waals surface area contributed by atoms with Gasteiger partial charge in [0.1, 0.15) is 73.0 Å². The van der Waals surface area contributed by atoms with Gasteiger partial charge in [0.25, 0.3) is 0 Å². The molecule has 1 aliphatic rings. The van der Waals surface area contributed by atoms with Crippen LogP contribution < -0.4 is 133 Å². The fourth-order valence-electron chi connectivity index (χ4n) is 11.1. The summed E-state index contributed by atoms with van der Waals surface area (Å²) < 4.78 is 0. The summed E-state index contributed by atoms with van der Waals surface area (Å²) in [5.74, 6) is -13.5. The van der Waals surface area contributed by atoms with E-state index in [9.17, 15) is 72.5 Å². The number of amides is 12. The predicted molar refractivity (Wildman–Crippen MR) is 406 cm³/mol. The van der Waals surface area contributed by atoms with Gasteiger partial charge in [0.15, 0.2) is 29.8 Å². The van der Waals surface area contributed by atoms with Crippen molar-refractivity contribution in [3.8, 4) is 0 Å². The van der Waals surface area contributed by atoms with Gasteiger partial charge >= 0.3 is 5.97 Å². The summed E-state index contributed by atoms with van der Waals surface area (Å²) in [6.45, 7) is 2.59. The van der Waals surface area contributed by atoms with Crippen molar-refractivity contribution in [2.24, 2.45) is 105 Å². The Hall–Kier alpha value is -10.7. The highest BCUT2D eigenvalue weighted by Crippen LogP contribution is 2.20. The second kappa shape index (κ2) is 54.0. The third-order valence-corrected chi connectivity index (χ3v) is 16.9. The summed E-state index contributed by atoms with van der Waals surface area (Å²) in [7, 11) is 0. The summed E-state index contributed by atoms with van der Waals surface area (Å²) >= 11 is 0. The summed E-state index contributed by atoms with van der Waals surface area (Å²) in [6.07, 6.45) is -0.221. The van der Waals surface area contributed by atoms with E-state index in [1.165, 1.54) is 11.8 Å². The first-order chi connectivity index (χ1) is 51.6. The third kappa shape index (κ3) is 41.3. The van der Waals surface area contributed by atoms with Crippen molar-refractivity contribution in [1.29, 1.82) is 0 Å². The molecule has 0 aliphatic carbocycles. The summed E-state index contributed by atoms with van der Waals surface area (Å²) in [5, 5.41) is 45.3. The molecule has 0 unspecified atom stereocenters. The monoisotopic (exact) mass is 1550 g/mol. The highest BCUT2D eigenvalue weighted by molar-refractivity contribution is 5.99. The second-order valence-corrected chi connectivity index (χ2v) is 26.1. The molecule has 1 heterocycles. The van der Waals surface area contributed by atoms with Crippen LogP contribution in [0.1, 0.15) is 162 Å². The van der Waals surface area contributed by atoms with Gasteiger partial charge in [-0.25, -0.2) is 0 Å². The second-order valence-electron chi connectivity index (χ2n) is 26.1. The van der Waals surface area contributed by atoms with Crippen molar-refractivity contribution >= 4 is 107 Å². The van der Waals surface area contributed by atoms with Crippen molar-refractivity contribution in [3.05, 3.63) is 0 Å². The van der Waals surface area contributed by atoms with Gasteiger partial charge in [0, 0.05) is 45.7 Å². The molecule has 1 fully saturated rings. The van der Waals surface area contributed by atoms with E-state index in [1.807, 2.05) is 0 Å². The smallest absolute Gasteiger partial charge is 0.322 e. The highest BCUT2D eigenvalue weighted by Gasteiger charge is 2.40. The van der Waals surface area contributed by atoms with Crippen LogP contribution in [0.15, 0.2) is 25.0 Å². The number of aliphatic carboxylic acids is 1. The molecule has 12 atom stereocenters. The molecule has 0 aromatic heterocycles. The molecule has 0 spiro atoms. The molecule has 618 valence electrons. The van der Waals surface area contributed by atoms with E-state index >= 15 is 0 Å². The molecule has 1 rings (SSSR count). The maximum Gasteiger partial charge on any atom is 0.322 e. The molecule has 1 aliphatic heterocycles. The van der Waals surface area contributed by atoms with Crippen LogP contribution in [-0.4, -0.2) is 253 Å². The lowest BCUT2D eigenvalue weighted by Gasteiger charge is -2.30. The van der Waals surface area contributed by atoms with E-state index in [2.05, 4.69) is 78.1 Å². The highest BCUT2D eigenvalue weighted by atomic mass is 16.4. The zero-order chi connectivity index (χ0) is 82.1. The van der Waals surface area contributed by atoms with Crippen LogP contribution in [0, 0.1) is 0 Å². The Bertz CT molecular complexity index is 3080. The number of hydrogen-bond acceptors (Lipinski definition) is 22. The van der Waals surface area contributed by atoms with Crippen LogP contribution in [0.25, 0.3) is 0 Å². The average molecular weight is 1550 g/mol. The Labute approximate surface area is 633 Å². The van der Waals surface area contributed by atoms with Crippen molar-refractivity contribution in [3.63, 3.8) is 0 Å². The number of guanidine groups is 5. The molecule has 0 bridgehead atoms. The van der Waals surface area contributed by atoms with Gasteiger partial charge in [-0.3, -0.25) is 87.3 Å². The summed E-state index contributed by atoms with van der Waals surface area (Å²) in [4.78, 5) is 202. The van der Waals surface area contributed by atoms with Crippen molar-refractivity contribution in [2.45, 2.75) is 234 Å². The molecular formula is C64H122N30O15. The quantitative estimate of drug-likeness (QED) is 0.0153. The van der Waals surface area contributed by atoms with Gasteiger partial charge < -0.3 is 149 Å². The number of unbranched alkanes of at least 4 members (excludes halogenated alkanes) is 3. The molecule has 1 saturated heterocycles. The van der Waals surface area contributed by atoms with Crippen molar-refractivity contribution in [2.75, 3.05) is 58.9 Å². The normalized spacial score (nSPS) is 15.3. The van der Waals surface area contributed by atoms with E-state index in [1.54, 1.807) is 6.92 Å². The number of aliphatic hydroxyl groups is 1. The molecule has 0 aromatic rings. The van der Waals surface area contributed by atoms with Crippen LogP contribution in [0.2, 0.25) is 0 Å². The van der Waals surface area contributed by atoms with Crippen LogP contribution in [0.5, 0.6) is 0 Å². The molecule has 40 N–H and O–H groups in total. The number of carboxylic acid groups (broad SMARTS) is 1. The molecule has 45 heteroatoms. The van der Waals surface area contributed by atoms with E-state index in [4.69, 9.17) is 80.3 Å². The number of carbonyl (C=O) groups is 13. The molecule has 12 amide bonds. The molecule has 0 saturated carbocycles. The maximum atomic E-state index is 14.9. The summed E-state index contributed by atoms with van der Waals surface area (Å²) in [6, 6.07) is -15.8. The number of hydrogen-bond donors (Lipinski definition) is 26. The van der Waals surface area contributed by atoms with Crippen molar-refractivity contribution < 1.29 is 72.5 Å². The number of carbonyl (C=O) groups excluding carboxylic acids is 12. The van der Waals surface area contributed by atoms with Gasteiger partial charge in [0.2, 0.25) is 70.9 Å². The summed E-state index contributed by atoms with van der Waals surface area (Å²) in [5.41, 5.74) is 78.8. The van der Waals surface area contributed by atoms with Crippen LogP contribution >= 0.6 is 0 Å². The van der Waals surface area contributed by atoms with Gasteiger partial charge in [-0.1, -0.05) is 19.8 Å². The minimum atomic E-state index is -1.56. The minimum Gasteiger partial charge on any atom is -0.480 e. The number of carboxylic acids is 1. The Morgan fingerprint density at radius 3 is 0.936 bits per heavy atom. The number of aliphatic hydroxyl groups excluding tert-OH is 1. The first-order valence-corrected chi connectivity index (χ1v) is 36.5. The maximum absolute atomic E-state index is 14.9. The SMILES string of the molecule is CCCC[C@H](NC(=O)[C@H](CCCN=C(N)N)NC(=O)[C@H](CCC(N)=O)NC(=O)[C@@H]1CCCN1C(=O)[C@@H](N)[C@@H](C)O)C(=O)N[C@@H](CCCN=C(N)N)C(=O)N[C@@H](CCCN=C(N)N)C(=O)N[C@@H](CCCN=C(N)N)C(=O)N[C@@H](CCCCN)C(=O)N[C@@H](CCCCN)C(=O)N[C@@H](CCCN=C(N)N)C(=O)NCC(=O)O. The van der Waals surface area contributed by atoms with Crippen LogP contribution in [0.4, 0.5) is 0 Å². The molecule has 45 nitrogen and oxygen atoms in total. The predicted octanol–water partition coefficient (Wildman–Crippen LogP) is -10.8. The number of nitrogens with two attached hydrogens (primary N) is 14. The molecule has 0 aromatic carbocycles. The fraction of sp³-hybridized carbons (Fsp3) is 0.719. The zero-order valence-corrected chi connectivity index (χ0v) is 62.5. The lowest BCUT2D eigenvalue weighted by molar-refractivity contribution is -0.142. The molecular weight excluding hydrogens is 1430 g/mol.